The Hall–Kier alpha value is -3.09. The first-order valence-electron chi connectivity index (χ1n) is 9.75. The number of furan rings is 1. The fraction of sp³-hybridized carbons (Fsp3) is 0.174. The largest absolute Gasteiger partial charge is 0.455 e. The highest BCUT2D eigenvalue weighted by Crippen LogP contribution is 2.30. The molecule has 1 aliphatic rings. The van der Waals surface area contributed by atoms with E-state index in [0.717, 1.165) is 12.0 Å². The van der Waals surface area contributed by atoms with Gasteiger partial charge >= 0.3 is 0 Å². The molecule has 6 nitrogen and oxygen atoms in total. The van der Waals surface area contributed by atoms with E-state index in [2.05, 4.69) is 15.8 Å². The van der Waals surface area contributed by atoms with Crippen LogP contribution in [0.3, 0.4) is 0 Å². The van der Waals surface area contributed by atoms with E-state index in [-0.39, 0.29) is 11.7 Å². The van der Waals surface area contributed by atoms with Crippen molar-refractivity contribution < 1.29 is 14.0 Å². The number of nitrogens with zero attached hydrogens (tertiary/aromatic N) is 1. The second-order valence-corrected chi connectivity index (χ2v) is 8.00. The third-order valence-electron chi connectivity index (χ3n) is 5.03. The zero-order valence-corrected chi connectivity index (χ0v) is 18.2. The summed E-state index contributed by atoms with van der Waals surface area (Å²) in [6.07, 6.45) is 2.15. The predicted octanol–water partition coefficient (Wildman–Crippen LogP) is 5.62. The second kappa shape index (κ2) is 8.96. The van der Waals surface area contributed by atoms with Crippen molar-refractivity contribution in [3.63, 3.8) is 0 Å². The first kappa shape index (κ1) is 21.2. The Balaban J connectivity index is 1.58. The quantitative estimate of drug-likeness (QED) is 0.500. The van der Waals surface area contributed by atoms with Gasteiger partial charge in [-0.05, 0) is 50.1 Å². The van der Waals surface area contributed by atoms with Crippen molar-refractivity contribution in [2.75, 3.05) is 5.32 Å². The average Bonchev–Trinajstić information content (AvgIpc) is 3.10. The number of nitrogens with one attached hydrogen (secondary N) is 2. The molecule has 0 bridgehead atoms. The Bertz CT molecular complexity index is 1200. The van der Waals surface area contributed by atoms with Crippen LogP contribution in [-0.4, -0.2) is 17.5 Å². The highest BCUT2D eigenvalue weighted by molar-refractivity contribution is 6.33. The van der Waals surface area contributed by atoms with E-state index in [1.807, 2.05) is 6.92 Å². The van der Waals surface area contributed by atoms with Crippen LogP contribution in [0, 0.1) is 6.92 Å². The average molecular weight is 456 g/mol. The first-order chi connectivity index (χ1) is 14.9. The molecule has 0 unspecified atom stereocenters. The van der Waals surface area contributed by atoms with Gasteiger partial charge in [-0.25, -0.2) is 5.43 Å². The number of anilines is 1. The van der Waals surface area contributed by atoms with Crippen molar-refractivity contribution in [1.82, 2.24) is 5.43 Å². The molecule has 1 aromatic heterocycles. The van der Waals surface area contributed by atoms with Gasteiger partial charge in [0.25, 0.3) is 11.8 Å². The smallest absolute Gasteiger partial charge is 0.291 e. The maximum absolute atomic E-state index is 12.8. The van der Waals surface area contributed by atoms with Crippen LogP contribution in [-0.2, 0) is 6.42 Å². The van der Waals surface area contributed by atoms with Gasteiger partial charge < -0.3 is 9.73 Å². The van der Waals surface area contributed by atoms with E-state index in [1.165, 1.54) is 0 Å². The van der Waals surface area contributed by atoms with Crippen molar-refractivity contribution in [2.24, 2.45) is 5.10 Å². The molecule has 31 heavy (non-hydrogen) atoms. The number of aryl methyl sites for hydroxylation is 1. The van der Waals surface area contributed by atoms with Gasteiger partial charge in [0.15, 0.2) is 5.76 Å². The molecule has 0 fully saturated rings. The Labute approximate surface area is 189 Å². The number of carbonyl (C=O) groups excluding carboxylic acids is 2. The monoisotopic (exact) mass is 455 g/mol. The number of rotatable bonds is 4. The summed E-state index contributed by atoms with van der Waals surface area (Å²) in [6.45, 7) is 1.81. The summed E-state index contributed by atoms with van der Waals surface area (Å²) in [5, 5.41) is 8.00. The van der Waals surface area contributed by atoms with Crippen molar-refractivity contribution in [1.29, 1.82) is 0 Å². The lowest BCUT2D eigenvalue weighted by Crippen LogP contribution is -2.22. The molecular weight excluding hydrogens is 437 g/mol. The molecule has 0 spiro atoms. The third kappa shape index (κ3) is 4.50. The third-order valence-corrected chi connectivity index (χ3v) is 5.59. The van der Waals surface area contributed by atoms with E-state index in [9.17, 15) is 9.59 Å². The summed E-state index contributed by atoms with van der Waals surface area (Å²) in [7, 11) is 0. The lowest BCUT2D eigenvalue weighted by molar-refractivity contribution is 0.0953. The van der Waals surface area contributed by atoms with Gasteiger partial charge in [-0.1, -0.05) is 41.4 Å². The molecular formula is C23H19Cl2N3O3. The molecule has 2 N–H and O–H groups in total. The SMILES string of the molecule is Cc1c(C(=O)Nc2cccc(Cl)c2)oc2c1/C(=N/NC(=O)c1ccccc1Cl)CCC2. The number of amides is 2. The minimum Gasteiger partial charge on any atom is -0.455 e. The Morgan fingerprint density at radius 3 is 2.61 bits per heavy atom. The molecule has 0 aliphatic heterocycles. The molecule has 1 aliphatic carbocycles. The number of hydrogen-bond donors (Lipinski definition) is 2. The molecule has 0 atom stereocenters. The molecule has 0 radical (unpaired) electrons. The van der Waals surface area contributed by atoms with E-state index in [4.69, 9.17) is 27.6 Å². The van der Waals surface area contributed by atoms with Crippen LogP contribution < -0.4 is 10.7 Å². The van der Waals surface area contributed by atoms with Crippen molar-refractivity contribution in [2.45, 2.75) is 26.2 Å². The molecule has 0 saturated heterocycles. The Morgan fingerprint density at radius 1 is 1.03 bits per heavy atom. The maximum atomic E-state index is 12.8. The molecule has 8 heteroatoms. The van der Waals surface area contributed by atoms with Crippen LogP contribution in [0.4, 0.5) is 5.69 Å². The number of hydrogen-bond acceptors (Lipinski definition) is 4. The lowest BCUT2D eigenvalue weighted by atomic mass is 9.93. The number of hydrazone groups is 1. The number of fused-ring (bicyclic) bond motifs is 1. The molecule has 3 aromatic rings. The topological polar surface area (TPSA) is 83.7 Å². The van der Waals surface area contributed by atoms with Gasteiger partial charge in [-0.3, -0.25) is 9.59 Å². The molecule has 2 amide bonds. The number of halogens is 2. The van der Waals surface area contributed by atoms with Crippen LogP contribution in [0.25, 0.3) is 0 Å². The number of carbonyl (C=O) groups is 2. The first-order valence-corrected chi connectivity index (χ1v) is 10.5. The van der Waals surface area contributed by atoms with Crippen LogP contribution in [0.15, 0.2) is 58.0 Å². The van der Waals surface area contributed by atoms with Gasteiger partial charge in [0.2, 0.25) is 0 Å². The Morgan fingerprint density at radius 2 is 1.84 bits per heavy atom. The van der Waals surface area contributed by atoms with Crippen molar-refractivity contribution in [3.8, 4) is 0 Å². The Kier molecular flexibility index (Phi) is 6.11. The van der Waals surface area contributed by atoms with Crippen LogP contribution in [0.1, 0.15) is 50.6 Å². The van der Waals surface area contributed by atoms with Gasteiger partial charge in [0.1, 0.15) is 5.76 Å². The van der Waals surface area contributed by atoms with Crippen LogP contribution in [0.2, 0.25) is 10.0 Å². The summed E-state index contributed by atoms with van der Waals surface area (Å²) in [4.78, 5) is 25.2. The summed E-state index contributed by atoms with van der Waals surface area (Å²) in [5.74, 6) is 0.140. The summed E-state index contributed by atoms with van der Waals surface area (Å²) in [5.41, 5.74) is 5.61. The van der Waals surface area contributed by atoms with Gasteiger partial charge in [-0.15, -0.1) is 0 Å². The summed E-state index contributed by atoms with van der Waals surface area (Å²) >= 11 is 12.1. The normalized spacial score (nSPS) is 14.2. The fourth-order valence-corrected chi connectivity index (χ4v) is 3.99. The van der Waals surface area contributed by atoms with Crippen LogP contribution >= 0.6 is 23.2 Å². The number of benzene rings is 2. The van der Waals surface area contributed by atoms with E-state index in [1.54, 1.807) is 48.5 Å². The van der Waals surface area contributed by atoms with Gasteiger partial charge in [0, 0.05) is 28.3 Å². The molecule has 1 heterocycles. The standard InChI is InChI=1S/C23H19Cl2N3O3/c1-13-20-18(27-28-22(29)16-8-2-3-9-17(16)25)10-5-11-19(20)31-21(13)23(30)26-15-7-4-6-14(24)12-15/h2-4,6-9,12H,5,10-11H2,1H3,(H,26,30)(H,28,29)/b27-18+. The minimum absolute atomic E-state index is 0.219. The van der Waals surface area contributed by atoms with E-state index < -0.39 is 5.91 Å². The molecule has 4 rings (SSSR count). The van der Waals surface area contributed by atoms with Crippen molar-refractivity contribution >= 4 is 46.4 Å². The van der Waals surface area contributed by atoms with Crippen molar-refractivity contribution in [3.05, 3.63) is 86.8 Å². The van der Waals surface area contributed by atoms with Gasteiger partial charge in [0.05, 0.1) is 16.3 Å². The summed E-state index contributed by atoms with van der Waals surface area (Å²) < 4.78 is 5.88. The zero-order valence-electron chi connectivity index (χ0n) is 16.7. The van der Waals surface area contributed by atoms with Crippen LogP contribution in [0.5, 0.6) is 0 Å². The predicted molar refractivity (Wildman–Crippen MR) is 121 cm³/mol. The maximum Gasteiger partial charge on any atom is 0.291 e. The fourth-order valence-electron chi connectivity index (χ4n) is 3.57. The minimum atomic E-state index is -0.398. The highest BCUT2D eigenvalue weighted by Gasteiger charge is 2.28. The summed E-state index contributed by atoms with van der Waals surface area (Å²) in [6, 6.07) is 13.7. The molecule has 2 aromatic carbocycles. The lowest BCUT2D eigenvalue weighted by Gasteiger charge is -2.13. The molecule has 0 saturated carbocycles. The zero-order chi connectivity index (χ0) is 22.0. The highest BCUT2D eigenvalue weighted by atomic mass is 35.5. The van der Waals surface area contributed by atoms with Gasteiger partial charge in [-0.2, -0.15) is 5.10 Å². The second-order valence-electron chi connectivity index (χ2n) is 7.15. The molecule has 158 valence electrons. The van der Waals surface area contributed by atoms with E-state index >= 15 is 0 Å². The van der Waals surface area contributed by atoms with E-state index in [0.29, 0.717) is 51.2 Å².